The molecule has 6 nitrogen and oxygen atoms in total. The first kappa shape index (κ1) is 16.2. The van der Waals surface area contributed by atoms with Gasteiger partial charge >= 0.3 is 0 Å². The van der Waals surface area contributed by atoms with E-state index in [4.69, 9.17) is 9.47 Å². The van der Waals surface area contributed by atoms with Crippen molar-refractivity contribution in [2.75, 3.05) is 19.8 Å². The summed E-state index contributed by atoms with van der Waals surface area (Å²) in [4.78, 5) is 0.119. The van der Waals surface area contributed by atoms with Gasteiger partial charge in [0, 0.05) is 18.7 Å². The van der Waals surface area contributed by atoms with E-state index in [9.17, 15) is 13.5 Å². The molecule has 1 atom stereocenters. The minimum atomic E-state index is -3.61. The summed E-state index contributed by atoms with van der Waals surface area (Å²) in [5.41, 5.74) is 0.455. The van der Waals surface area contributed by atoms with E-state index in [2.05, 4.69) is 4.72 Å². The van der Waals surface area contributed by atoms with Crippen LogP contribution in [0.15, 0.2) is 23.1 Å². The van der Waals surface area contributed by atoms with Crippen LogP contribution in [-0.4, -0.2) is 39.4 Å². The number of hydrogen-bond donors (Lipinski definition) is 2. The van der Waals surface area contributed by atoms with Crippen molar-refractivity contribution in [3.63, 3.8) is 0 Å². The second-order valence-electron chi connectivity index (χ2n) is 4.85. The minimum absolute atomic E-state index is 0.0558. The lowest BCUT2D eigenvalue weighted by Gasteiger charge is -2.13. The van der Waals surface area contributed by atoms with Crippen molar-refractivity contribution >= 4 is 10.0 Å². The van der Waals surface area contributed by atoms with E-state index in [0.717, 1.165) is 12.8 Å². The summed E-state index contributed by atoms with van der Waals surface area (Å²) >= 11 is 0. The molecule has 0 amide bonds. The molecular formula is C14H21NO5S. The SMILES string of the molecule is CCOc1ccc(S(=O)(=O)NCC2CCCO2)cc1CO. The van der Waals surface area contributed by atoms with Gasteiger partial charge in [0.25, 0.3) is 0 Å². The Labute approximate surface area is 125 Å². The first-order chi connectivity index (χ1) is 10.1. The van der Waals surface area contributed by atoms with Crippen LogP contribution in [0.4, 0.5) is 0 Å². The summed E-state index contributed by atoms with van der Waals surface area (Å²) < 4.78 is 37.8. The van der Waals surface area contributed by atoms with Gasteiger partial charge in [-0.2, -0.15) is 0 Å². The van der Waals surface area contributed by atoms with Gasteiger partial charge in [0.1, 0.15) is 5.75 Å². The fourth-order valence-corrected chi connectivity index (χ4v) is 3.35. The molecule has 1 unspecified atom stereocenters. The van der Waals surface area contributed by atoms with Crippen LogP contribution in [0.1, 0.15) is 25.3 Å². The van der Waals surface area contributed by atoms with Crippen molar-refractivity contribution in [1.82, 2.24) is 4.72 Å². The average molecular weight is 315 g/mol. The van der Waals surface area contributed by atoms with Crippen LogP contribution in [0, 0.1) is 0 Å². The number of aliphatic hydroxyl groups is 1. The number of rotatable bonds is 7. The van der Waals surface area contributed by atoms with Gasteiger partial charge in [-0.25, -0.2) is 13.1 Å². The number of nitrogens with one attached hydrogen (secondary N) is 1. The maximum atomic E-state index is 12.2. The summed E-state index contributed by atoms with van der Waals surface area (Å²) in [5.74, 6) is 0.498. The van der Waals surface area contributed by atoms with Crippen molar-refractivity contribution in [2.45, 2.75) is 37.4 Å². The van der Waals surface area contributed by atoms with Crippen molar-refractivity contribution < 1.29 is 23.0 Å². The maximum absolute atomic E-state index is 12.2. The van der Waals surface area contributed by atoms with Gasteiger partial charge < -0.3 is 14.6 Å². The molecule has 7 heteroatoms. The Balaban J connectivity index is 2.11. The first-order valence-corrected chi connectivity index (χ1v) is 8.53. The molecule has 1 saturated heterocycles. The zero-order chi connectivity index (χ0) is 15.3. The number of sulfonamides is 1. The Hall–Kier alpha value is -1.15. The minimum Gasteiger partial charge on any atom is -0.494 e. The van der Waals surface area contributed by atoms with E-state index >= 15 is 0 Å². The van der Waals surface area contributed by atoms with Crippen molar-refractivity contribution in [1.29, 1.82) is 0 Å². The number of ether oxygens (including phenoxy) is 2. The molecule has 21 heavy (non-hydrogen) atoms. The summed E-state index contributed by atoms with van der Waals surface area (Å²) in [6, 6.07) is 4.47. The van der Waals surface area contributed by atoms with Crippen molar-refractivity contribution in [3.05, 3.63) is 23.8 Å². The van der Waals surface area contributed by atoms with Crippen molar-refractivity contribution in [3.8, 4) is 5.75 Å². The van der Waals surface area contributed by atoms with Crippen molar-refractivity contribution in [2.24, 2.45) is 0 Å². The van der Waals surface area contributed by atoms with Crippen LogP contribution in [0.2, 0.25) is 0 Å². The van der Waals surface area contributed by atoms with E-state index in [-0.39, 0.29) is 24.2 Å². The molecule has 118 valence electrons. The highest BCUT2D eigenvalue weighted by atomic mass is 32.2. The molecule has 1 aromatic carbocycles. The molecule has 1 heterocycles. The van der Waals surface area contributed by atoms with Crippen LogP contribution >= 0.6 is 0 Å². The summed E-state index contributed by atoms with van der Waals surface area (Å²) in [6.45, 7) is 2.96. The molecule has 1 aliphatic rings. The van der Waals surface area contributed by atoms with Gasteiger partial charge in [-0.1, -0.05) is 0 Å². The largest absolute Gasteiger partial charge is 0.494 e. The predicted molar refractivity (Wildman–Crippen MR) is 77.7 cm³/mol. The molecule has 0 bridgehead atoms. The highest BCUT2D eigenvalue weighted by Crippen LogP contribution is 2.23. The predicted octanol–water partition coefficient (Wildman–Crippen LogP) is 1.03. The molecular weight excluding hydrogens is 294 g/mol. The van der Waals surface area contributed by atoms with E-state index in [1.54, 1.807) is 6.07 Å². The van der Waals surface area contributed by atoms with E-state index < -0.39 is 10.0 Å². The molecule has 2 rings (SSSR count). The highest BCUT2D eigenvalue weighted by molar-refractivity contribution is 7.89. The smallest absolute Gasteiger partial charge is 0.240 e. The molecule has 1 fully saturated rings. The van der Waals surface area contributed by atoms with Gasteiger partial charge in [0.15, 0.2) is 0 Å². The molecule has 0 saturated carbocycles. The van der Waals surface area contributed by atoms with Crippen LogP contribution in [0.5, 0.6) is 5.75 Å². The van der Waals surface area contributed by atoms with Gasteiger partial charge in [-0.15, -0.1) is 0 Å². The number of aliphatic hydroxyl groups excluding tert-OH is 1. The third-order valence-corrected chi connectivity index (χ3v) is 4.76. The topological polar surface area (TPSA) is 84.9 Å². The third kappa shape index (κ3) is 4.16. The lowest BCUT2D eigenvalue weighted by molar-refractivity contribution is 0.114. The van der Waals surface area contributed by atoms with Crippen LogP contribution in [0.25, 0.3) is 0 Å². The number of benzene rings is 1. The van der Waals surface area contributed by atoms with Gasteiger partial charge in [-0.3, -0.25) is 0 Å². The van der Waals surface area contributed by atoms with E-state index in [1.165, 1.54) is 12.1 Å². The van der Waals surface area contributed by atoms with Crippen LogP contribution < -0.4 is 9.46 Å². The van der Waals surface area contributed by atoms with Gasteiger partial charge in [0.05, 0.1) is 24.2 Å². The fourth-order valence-electron chi connectivity index (χ4n) is 2.23. The second kappa shape index (κ2) is 7.22. The standard InChI is InChI=1S/C14H21NO5S/c1-2-19-14-6-5-13(8-11(14)10-16)21(17,18)15-9-12-4-3-7-20-12/h5-6,8,12,15-16H,2-4,7,9-10H2,1H3. The van der Waals surface area contributed by atoms with Gasteiger partial charge in [-0.05, 0) is 38.0 Å². The van der Waals surface area contributed by atoms with E-state index in [1.807, 2.05) is 6.92 Å². The van der Waals surface area contributed by atoms with Crippen LogP contribution in [0.3, 0.4) is 0 Å². The second-order valence-corrected chi connectivity index (χ2v) is 6.61. The monoisotopic (exact) mass is 315 g/mol. The molecule has 0 aromatic heterocycles. The Morgan fingerprint density at radius 3 is 2.90 bits per heavy atom. The van der Waals surface area contributed by atoms with Crippen LogP contribution in [-0.2, 0) is 21.4 Å². The molecule has 1 aromatic rings. The summed E-state index contributed by atoms with van der Waals surface area (Å²) in [6.07, 6.45) is 1.78. The molecule has 0 aliphatic carbocycles. The lowest BCUT2D eigenvalue weighted by Crippen LogP contribution is -2.31. The number of hydrogen-bond acceptors (Lipinski definition) is 5. The highest BCUT2D eigenvalue weighted by Gasteiger charge is 2.21. The third-order valence-electron chi connectivity index (χ3n) is 3.34. The summed E-state index contributed by atoms with van der Waals surface area (Å²) in [5, 5.41) is 9.32. The zero-order valence-electron chi connectivity index (χ0n) is 12.0. The Bertz CT molecular complexity index is 567. The zero-order valence-corrected chi connectivity index (χ0v) is 12.9. The molecule has 2 N–H and O–H groups in total. The Kier molecular flexibility index (Phi) is 5.58. The Morgan fingerprint density at radius 2 is 2.29 bits per heavy atom. The molecule has 1 aliphatic heterocycles. The Morgan fingerprint density at radius 1 is 1.48 bits per heavy atom. The van der Waals surface area contributed by atoms with Gasteiger partial charge in [0.2, 0.25) is 10.0 Å². The maximum Gasteiger partial charge on any atom is 0.240 e. The summed E-state index contributed by atoms with van der Waals surface area (Å²) in [7, 11) is -3.61. The fraction of sp³-hybridized carbons (Fsp3) is 0.571. The van der Waals surface area contributed by atoms with E-state index in [0.29, 0.717) is 24.5 Å². The lowest BCUT2D eigenvalue weighted by atomic mass is 10.2. The average Bonchev–Trinajstić information content (AvgIpc) is 2.99. The molecule has 0 spiro atoms. The normalized spacial score (nSPS) is 18.9. The quantitative estimate of drug-likeness (QED) is 0.785. The molecule has 0 radical (unpaired) electrons. The first-order valence-electron chi connectivity index (χ1n) is 7.04.